The summed E-state index contributed by atoms with van der Waals surface area (Å²) >= 11 is 0. The summed E-state index contributed by atoms with van der Waals surface area (Å²) < 4.78 is 4.34. The summed E-state index contributed by atoms with van der Waals surface area (Å²) in [4.78, 5) is 0. The van der Waals surface area contributed by atoms with Crippen LogP contribution in [-0.4, -0.2) is 19.6 Å². The van der Waals surface area contributed by atoms with Crippen molar-refractivity contribution in [2.75, 3.05) is 0 Å². The van der Waals surface area contributed by atoms with Crippen molar-refractivity contribution < 1.29 is 0 Å². The van der Waals surface area contributed by atoms with Gasteiger partial charge < -0.3 is 4.57 Å². The van der Waals surface area contributed by atoms with Crippen molar-refractivity contribution in [2.45, 2.75) is 26.3 Å². The molecule has 4 heteroatoms. The molecule has 0 amide bonds. The Bertz CT molecular complexity index is 1250. The molecule has 5 aromatic rings. The molecular weight excluding hydrogens is 344 g/mol. The normalized spacial score (nSPS) is 11.5. The predicted octanol–water partition coefficient (Wildman–Crippen LogP) is 5.18. The first-order valence-corrected chi connectivity index (χ1v) is 9.80. The van der Waals surface area contributed by atoms with E-state index >= 15 is 0 Å². The van der Waals surface area contributed by atoms with Crippen molar-refractivity contribution in [1.29, 1.82) is 0 Å². The van der Waals surface area contributed by atoms with Crippen molar-refractivity contribution in [3.05, 3.63) is 90.3 Å². The number of benzene rings is 3. The van der Waals surface area contributed by atoms with Gasteiger partial charge in [-0.1, -0.05) is 53.7 Å². The molecule has 138 valence electrons. The Morgan fingerprint density at radius 3 is 2.43 bits per heavy atom. The van der Waals surface area contributed by atoms with Crippen LogP contribution in [0, 0.1) is 0 Å². The number of aromatic nitrogens is 4. The van der Waals surface area contributed by atoms with Crippen LogP contribution in [0.4, 0.5) is 0 Å². The van der Waals surface area contributed by atoms with Gasteiger partial charge in [-0.2, -0.15) is 0 Å². The molecule has 0 radical (unpaired) electrons. The van der Waals surface area contributed by atoms with Gasteiger partial charge in [0.15, 0.2) is 0 Å². The lowest BCUT2D eigenvalue weighted by atomic mass is 10.1. The van der Waals surface area contributed by atoms with Gasteiger partial charge in [0.25, 0.3) is 0 Å². The van der Waals surface area contributed by atoms with E-state index in [9.17, 15) is 0 Å². The SMILES string of the molecule is CCn1c2ccccc2c2cc(-n3nncc3CCc3ccccc3)ccc21. The van der Waals surface area contributed by atoms with E-state index < -0.39 is 0 Å². The first-order valence-electron chi connectivity index (χ1n) is 9.80. The average molecular weight is 366 g/mol. The zero-order valence-corrected chi connectivity index (χ0v) is 15.9. The van der Waals surface area contributed by atoms with Crippen LogP contribution in [0.25, 0.3) is 27.5 Å². The van der Waals surface area contributed by atoms with E-state index in [1.807, 2.05) is 10.9 Å². The first kappa shape index (κ1) is 16.8. The number of para-hydroxylation sites is 1. The summed E-state index contributed by atoms with van der Waals surface area (Å²) in [6, 6.07) is 25.8. The fraction of sp³-hybridized carbons (Fsp3) is 0.167. The molecule has 4 nitrogen and oxygen atoms in total. The highest BCUT2D eigenvalue weighted by Crippen LogP contribution is 2.30. The smallest absolute Gasteiger partial charge is 0.0729 e. The van der Waals surface area contributed by atoms with Gasteiger partial charge in [-0.3, -0.25) is 0 Å². The lowest BCUT2D eigenvalue weighted by Gasteiger charge is -2.08. The van der Waals surface area contributed by atoms with E-state index in [4.69, 9.17) is 0 Å². The van der Waals surface area contributed by atoms with Gasteiger partial charge in [-0.05, 0) is 49.6 Å². The van der Waals surface area contributed by atoms with E-state index in [0.29, 0.717) is 0 Å². The molecule has 0 aliphatic heterocycles. The Hall–Kier alpha value is -3.40. The third-order valence-electron chi connectivity index (χ3n) is 5.45. The van der Waals surface area contributed by atoms with E-state index in [0.717, 1.165) is 30.8 Å². The van der Waals surface area contributed by atoms with E-state index in [2.05, 4.69) is 94.6 Å². The summed E-state index contributed by atoms with van der Waals surface area (Å²) in [5.74, 6) is 0. The predicted molar refractivity (Wildman–Crippen MR) is 114 cm³/mol. The topological polar surface area (TPSA) is 35.6 Å². The Balaban J connectivity index is 1.55. The Morgan fingerprint density at radius 2 is 1.57 bits per heavy atom. The minimum absolute atomic E-state index is 0.909. The molecule has 0 bridgehead atoms. The second kappa shape index (κ2) is 6.97. The second-order valence-electron chi connectivity index (χ2n) is 7.09. The van der Waals surface area contributed by atoms with Crippen LogP contribution in [0.2, 0.25) is 0 Å². The van der Waals surface area contributed by atoms with Crippen molar-refractivity contribution in [3.63, 3.8) is 0 Å². The second-order valence-corrected chi connectivity index (χ2v) is 7.09. The third kappa shape index (κ3) is 2.78. The summed E-state index contributed by atoms with van der Waals surface area (Å²) in [6.07, 6.45) is 3.76. The van der Waals surface area contributed by atoms with Crippen LogP contribution in [0.5, 0.6) is 0 Å². The maximum absolute atomic E-state index is 4.37. The maximum atomic E-state index is 4.37. The van der Waals surface area contributed by atoms with Crippen LogP contribution in [0.15, 0.2) is 79.0 Å². The zero-order valence-electron chi connectivity index (χ0n) is 15.9. The van der Waals surface area contributed by atoms with Gasteiger partial charge in [0.2, 0.25) is 0 Å². The van der Waals surface area contributed by atoms with Crippen LogP contribution in [0.1, 0.15) is 18.2 Å². The lowest BCUT2D eigenvalue weighted by Crippen LogP contribution is -2.04. The monoisotopic (exact) mass is 366 g/mol. The highest BCUT2D eigenvalue weighted by molar-refractivity contribution is 6.08. The van der Waals surface area contributed by atoms with Crippen molar-refractivity contribution in [2.24, 2.45) is 0 Å². The van der Waals surface area contributed by atoms with Crippen LogP contribution >= 0.6 is 0 Å². The molecule has 5 rings (SSSR count). The average Bonchev–Trinajstić information content (AvgIpc) is 3.35. The number of aryl methyl sites for hydroxylation is 3. The van der Waals surface area contributed by atoms with Gasteiger partial charge in [0.1, 0.15) is 0 Å². The summed E-state index contributed by atoms with van der Waals surface area (Å²) in [7, 11) is 0. The molecule has 0 atom stereocenters. The molecule has 0 N–H and O–H groups in total. The molecular formula is C24H22N4. The van der Waals surface area contributed by atoms with Gasteiger partial charge >= 0.3 is 0 Å². The van der Waals surface area contributed by atoms with E-state index in [-0.39, 0.29) is 0 Å². The number of hydrogen-bond donors (Lipinski definition) is 0. The van der Waals surface area contributed by atoms with Gasteiger partial charge in [-0.15, -0.1) is 5.10 Å². The highest BCUT2D eigenvalue weighted by Gasteiger charge is 2.12. The number of fused-ring (bicyclic) bond motifs is 3. The number of nitrogens with zero attached hydrogens (tertiary/aromatic N) is 4. The van der Waals surface area contributed by atoms with Crippen molar-refractivity contribution in [3.8, 4) is 5.69 Å². The lowest BCUT2D eigenvalue weighted by molar-refractivity contribution is 0.752. The fourth-order valence-electron chi connectivity index (χ4n) is 4.08. The molecule has 2 aromatic heterocycles. The van der Waals surface area contributed by atoms with Crippen LogP contribution in [0.3, 0.4) is 0 Å². The summed E-state index contributed by atoms with van der Waals surface area (Å²) in [6.45, 7) is 3.15. The molecule has 0 aliphatic rings. The first-order chi connectivity index (χ1) is 13.8. The Kier molecular flexibility index (Phi) is 4.17. The Morgan fingerprint density at radius 1 is 0.786 bits per heavy atom. The van der Waals surface area contributed by atoms with E-state index in [1.54, 1.807) is 0 Å². The molecule has 28 heavy (non-hydrogen) atoms. The standard InChI is InChI=1S/C24H22N4/c1-2-27-23-11-7-6-10-21(23)22-16-19(14-15-24(22)27)28-20(17-25-26-28)13-12-18-8-4-3-5-9-18/h3-11,14-17H,2,12-13H2,1H3. The molecule has 3 aromatic carbocycles. The molecule has 0 unspecified atom stereocenters. The largest absolute Gasteiger partial charge is 0.341 e. The number of hydrogen-bond acceptors (Lipinski definition) is 2. The highest BCUT2D eigenvalue weighted by atomic mass is 15.4. The summed E-state index contributed by atoms with van der Waals surface area (Å²) in [5, 5.41) is 11.1. The number of rotatable bonds is 5. The van der Waals surface area contributed by atoms with E-state index in [1.165, 1.54) is 27.4 Å². The van der Waals surface area contributed by atoms with Crippen molar-refractivity contribution in [1.82, 2.24) is 19.6 Å². The minimum atomic E-state index is 0.909. The molecule has 0 aliphatic carbocycles. The molecule has 0 saturated carbocycles. The van der Waals surface area contributed by atoms with Gasteiger partial charge in [0, 0.05) is 28.4 Å². The van der Waals surface area contributed by atoms with Gasteiger partial charge in [0.05, 0.1) is 17.6 Å². The molecule has 0 spiro atoms. The fourth-order valence-corrected chi connectivity index (χ4v) is 4.08. The molecule has 0 saturated heterocycles. The zero-order chi connectivity index (χ0) is 18.9. The quantitative estimate of drug-likeness (QED) is 0.430. The maximum Gasteiger partial charge on any atom is 0.0729 e. The summed E-state index contributed by atoms with van der Waals surface area (Å²) in [5.41, 5.74) is 6.06. The van der Waals surface area contributed by atoms with Crippen LogP contribution < -0.4 is 0 Å². The minimum Gasteiger partial charge on any atom is -0.341 e. The van der Waals surface area contributed by atoms with Gasteiger partial charge in [-0.25, -0.2) is 4.68 Å². The Labute approximate surface area is 164 Å². The van der Waals surface area contributed by atoms with Crippen LogP contribution in [-0.2, 0) is 19.4 Å². The molecule has 2 heterocycles. The third-order valence-corrected chi connectivity index (χ3v) is 5.45. The van der Waals surface area contributed by atoms with Crippen molar-refractivity contribution >= 4 is 21.8 Å². The molecule has 0 fully saturated rings.